The molecule has 162 valence electrons. The number of hydrogen-bond donors (Lipinski definition) is 0. The van der Waals surface area contributed by atoms with Crippen molar-refractivity contribution in [2.45, 2.75) is 52.6 Å². The summed E-state index contributed by atoms with van der Waals surface area (Å²) in [4.78, 5) is 37.7. The number of allylic oxidation sites excluding steroid dienone is 1. The highest BCUT2D eigenvalue weighted by atomic mass is 16.6. The van der Waals surface area contributed by atoms with Gasteiger partial charge < -0.3 is 23.8 Å². The van der Waals surface area contributed by atoms with Crippen LogP contribution < -0.4 is 9.64 Å². The third-order valence-electron chi connectivity index (χ3n) is 5.44. The van der Waals surface area contributed by atoms with Gasteiger partial charge in [0.2, 0.25) is 0 Å². The lowest BCUT2D eigenvalue weighted by molar-refractivity contribution is -0.192. The molecule has 1 aromatic rings. The fourth-order valence-corrected chi connectivity index (χ4v) is 4.31. The SMILES string of the molecule is COc1ccc(N2C(C)=C(C(C)=O)C3CC2O[C@H](COC(C)=O)[C@H]3OC(C)=O)cc1. The van der Waals surface area contributed by atoms with Gasteiger partial charge in [0.15, 0.2) is 5.78 Å². The van der Waals surface area contributed by atoms with Crippen molar-refractivity contribution in [2.24, 2.45) is 5.92 Å². The van der Waals surface area contributed by atoms with Crippen LogP contribution in [0.3, 0.4) is 0 Å². The molecule has 0 saturated carbocycles. The third kappa shape index (κ3) is 4.33. The second-order valence-electron chi connectivity index (χ2n) is 7.47. The van der Waals surface area contributed by atoms with E-state index in [0.717, 1.165) is 11.4 Å². The molecule has 8 heteroatoms. The topological polar surface area (TPSA) is 91.4 Å². The number of benzene rings is 1. The summed E-state index contributed by atoms with van der Waals surface area (Å²) in [5.41, 5.74) is 2.18. The first-order valence-electron chi connectivity index (χ1n) is 9.84. The Kier molecular flexibility index (Phi) is 6.45. The molecule has 2 aliphatic rings. The average Bonchev–Trinajstić information content (AvgIpc) is 2.68. The summed E-state index contributed by atoms with van der Waals surface area (Å²) in [6.45, 7) is 5.92. The van der Waals surface area contributed by atoms with Crippen molar-refractivity contribution < 1.29 is 33.3 Å². The van der Waals surface area contributed by atoms with E-state index in [0.29, 0.717) is 17.7 Å². The molecule has 4 atom stereocenters. The highest BCUT2D eigenvalue weighted by molar-refractivity contribution is 5.96. The standard InChI is InChI=1S/C22H27NO7/c1-12-21(13(2)24)18-10-20(23(12)16-6-8-17(27-5)9-7-16)30-19(11-28-14(3)25)22(18)29-15(4)26/h6-9,18-20,22H,10-11H2,1-5H3/t18?,19-,20?,22+/m1/s1. The minimum atomic E-state index is -0.718. The Morgan fingerprint density at radius 1 is 1.10 bits per heavy atom. The molecule has 30 heavy (non-hydrogen) atoms. The van der Waals surface area contributed by atoms with Gasteiger partial charge in [0, 0.05) is 43.1 Å². The second-order valence-corrected chi connectivity index (χ2v) is 7.47. The van der Waals surface area contributed by atoms with E-state index >= 15 is 0 Å². The van der Waals surface area contributed by atoms with Crippen LogP contribution >= 0.6 is 0 Å². The summed E-state index contributed by atoms with van der Waals surface area (Å²) in [6.07, 6.45) is -1.35. The van der Waals surface area contributed by atoms with Crippen LogP contribution in [0.25, 0.3) is 0 Å². The Bertz CT molecular complexity index is 861. The average molecular weight is 417 g/mol. The molecule has 0 aromatic heterocycles. The Labute approximate surface area is 175 Å². The van der Waals surface area contributed by atoms with Crippen molar-refractivity contribution >= 4 is 23.4 Å². The van der Waals surface area contributed by atoms with Crippen molar-refractivity contribution in [2.75, 3.05) is 18.6 Å². The number of fused-ring (bicyclic) bond motifs is 2. The van der Waals surface area contributed by atoms with Gasteiger partial charge in [-0.3, -0.25) is 14.4 Å². The number of ketones is 1. The monoisotopic (exact) mass is 417 g/mol. The number of rotatable bonds is 6. The Morgan fingerprint density at radius 3 is 2.30 bits per heavy atom. The second kappa shape index (κ2) is 8.87. The maximum Gasteiger partial charge on any atom is 0.303 e. The van der Waals surface area contributed by atoms with E-state index in [1.165, 1.54) is 20.8 Å². The third-order valence-corrected chi connectivity index (χ3v) is 5.44. The van der Waals surface area contributed by atoms with Gasteiger partial charge in [-0.25, -0.2) is 0 Å². The maximum atomic E-state index is 12.6. The predicted molar refractivity (Wildman–Crippen MR) is 108 cm³/mol. The molecule has 1 aromatic carbocycles. The number of anilines is 1. The zero-order valence-electron chi connectivity index (χ0n) is 17.8. The molecule has 3 rings (SSSR count). The Balaban J connectivity index is 2.04. The lowest BCUT2D eigenvalue weighted by Gasteiger charge is -2.50. The number of nitrogens with zero attached hydrogens (tertiary/aromatic N) is 1. The fourth-order valence-electron chi connectivity index (χ4n) is 4.31. The number of Topliss-reactive ketones (excluding diaryl/α,β-unsaturated/α-hetero) is 1. The van der Waals surface area contributed by atoms with Crippen LogP contribution in [-0.4, -0.2) is 49.9 Å². The molecule has 1 fully saturated rings. The van der Waals surface area contributed by atoms with Crippen molar-refractivity contribution in [3.05, 3.63) is 35.5 Å². The van der Waals surface area contributed by atoms with E-state index in [4.69, 9.17) is 18.9 Å². The van der Waals surface area contributed by atoms with E-state index in [-0.39, 0.29) is 18.3 Å². The molecule has 1 saturated heterocycles. The van der Waals surface area contributed by atoms with E-state index in [1.54, 1.807) is 7.11 Å². The minimum absolute atomic E-state index is 0.0685. The van der Waals surface area contributed by atoms with Gasteiger partial charge >= 0.3 is 11.9 Å². The van der Waals surface area contributed by atoms with Gasteiger partial charge in [0.05, 0.1) is 7.11 Å². The Hall–Kier alpha value is -2.87. The molecule has 0 spiro atoms. The normalized spacial score (nSPS) is 25.6. The smallest absolute Gasteiger partial charge is 0.303 e. The molecule has 2 aliphatic heterocycles. The number of methoxy groups -OCH3 is 1. The van der Waals surface area contributed by atoms with Gasteiger partial charge in [0.1, 0.15) is 30.8 Å². The molecule has 2 unspecified atom stereocenters. The fraction of sp³-hybridized carbons (Fsp3) is 0.500. The minimum Gasteiger partial charge on any atom is -0.497 e. The summed E-state index contributed by atoms with van der Waals surface area (Å²) >= 11 is 0. The lowest BCUT2D eigenvalue weighted by Crippen LogP contribution is -2.58. The first-order valence-corrected chi connectivity index (χ1v) is 9.84. The van der Waals surface area contributed by atoms with Gasteiger partial charge in [-0.1, -0.05) is 0 Å². The van der Waals surface area contributed by atoms with Crippen LogP contribution in [0.2, 0.25) is 0 Å². The number of carbonyl (C=O) groups is 3. The van der Waals surface area contributed by atoms with Gasteiger partial charge in [-0.05, 0) is 38.1 Å². The van der Waals surface area contributed by atoms with Gasteiger partial charge in [-0.15, -0.1) is 0 Å². The number of esters is 2. The zero-order chi connectivity index (χ0) is 22.0. The van der Waals surface area contributed by atoms with Gasteiger partial charge in [0.25, 0.3) is 0 Å². The summed E-state index contributed by atoms with van der Waals surface area (Å²) < 4.78 is 22.2. The summed E-state index contributed by atoms with van der Waals surface area (Å²) in [5.74, 6) is -0.663. The highest BCUT2D eigenvalue weighted by Gasteiger charge is 2.49. The molecular formula is C22H27NO7. The summed E-state index contributed by atoms with van der Waals surface area (Å²) in [5, 5.41) is 0. The number of hydrogen-bond acceptors (Lipinski definition) is 8. The van der Waals surface area contributed by atoms with Crippen molar-refractivity contribution in [1.82, 2.24) is 0 Å². The Morgan fingerprint density at radius 2 is 1.77 bits per heavy atom. The first kappa shape index (κ1) is 21.8. The quantitative estimate of drug-likeness (QED) is 0.653. The van der Waals surface area contributed by atoms with E-state index in [1.807, 2.05) is 36.1 Å². The van der Waals surface area contributed by atoms with Gasteiger partial charge in [-0.2, -0.15) is 0 Å². The first-order chi connectivity index (χ1) is 14.2. The summed E-state index contributed by atoms with van der Waals surface area (Å²) in [7, 11) is 1.60. The zero-order valence-corrected chi connectivity index (χ0v) is 17.8. The van der Waals surface area contributed by atoms with Crippen LogP contribution in [0.1, 0.15) is 34.1 Å². The summed E-state index contributed by atoms with van der Waals surface area (Å²) in [6, 6.07) is 7.46. The maximum absolute atomic E-state index is 12.6. The molecule has 8 nitrogen and oxygen atoms in total. The lowest BCUT2D eigenvalue weighted by atomic mass is 9.78. The van der Waals surface area contributed by atoms with E-state index < -0.39 is 30.4 Å². The largest absolute Gasteiger partial charge is 0.497 e. The number of ether oxygens (including phenoxy) is 4. The van der Waals surface area contributed by atoms with E-state index in [9.17, 15) is 14.4 Å². The molecule has 0 amide bonds. The molecule has 2 bridgehead atoms. The predicted octanol–water partition coefficient (Wildman–Crippen LogP) is 2.60. The van der Waals surface area contributed by atoms with Crippen LogP contribution in [0.5, 0.6) is 5.75 Å². The highest BCUT2D eigenvalue weighted by Crippen LogP contribution is 2.44. The van der Waals surface area contributed by atoms with Crippen molar-refractivity contribution in [3.63, 3.8) is 0 Å². The molecule has 0 radical (unpaired) electrons. The van der Waals surface area contributed by atoms with Crippen LogP contribution in [0.15, 0.2) is 35.5 Å². The molecule has 2 heterocycles. The molecule has 0 N–H and O–H groups in total. The number of carbonyl (C=O) groups excluding carboxylic acids is 3. The van der Waals surface area contributed by atoms with Crippen LogP contribution in [0.4, 0.5) is 5.69 Å². The molecule has 0 aliphatic carbocycles. The van der Waals surface area contributed by atoms with Crippen LogP contribution in [-0.2, 0) is 28.6 Å². The van der Waals surface area contributed by atoms with Crippen LogP contribution in [0, 0.1) is 5.92 Å². The molecular weight excluding hydrogens is 390 g/mol. The van der Waals surface area contributed by atoms with E-state index in [2.05, 4.69) is 0 Å². The van der Waals surface area contributed by atoms with Crippen molar-refractivity contribution in [3.8, 4) is 5.75 Å². The van der Waals surface area contributed by atoms with Crippen molar-refractivity contribution in [1.29, 1.82) is 0 Å².